The first-order chi connectivity index (χ1) is 11.3. The number of ketones is 1. The van der Waals surface area contributed by atoms with Gasteiger partial charge in [0.2, 0.25) is 0 Å². The highest BCUT2D eigenvalue weighted by molar-refractivity contribution is 6.30. The van der Waals surface area contributed by atoms with Gasteiger partial charge in [0.1, 0.15) is 5.54 Å². The third-order valence-electron chi connectivity index (χ3n) is 4.23. The third-order valence-corrected chi connectivity index (χ3v) is 4.48. The molecule has 2 aromatic rings. The first kappa shape index (κ1) is 16.3. The number of nitrogens with one attached hydrogen (secondary N) is 1. The molecule has 6 nitrogen and oxygen atoms in total. The molecule has 1 aliphatic heterocycles. The lowest BCUT2D eigenvalue weighted by Crippen LogP contribution is -2.41. The van der Waals surface area contributed by atoms with Crippen molar-refractivity contribution in [2.75, 3.05) is 6.54 Å². The van der Waals surface area contributed by atoms with Crippen molar-refractivity contribution in [3.05, 3.63) is 58.9 Å². The molecule has 2 heterocycles. The minimum atomic E-state index is -1.21. The molecule has 1 aliphatic rings. The zero-order valence-corrected chi connectivity index (χ0v) is 14.0. The van der Waals surface area contributed by atoms with Gasteiger partial charge in [0.05, 0.1) is 12.2 Å². The first-order valence-electron chi connectivity index (χ1n) is 7.37. The Morgan fingerprint density at radius 3 is 2.46 bits per heavy atom. The van der Waals surface area contributed by atoms with E-state index >= 15 is 0 Å². The molecule has 1 saturated heterocycles. The van der Waals surface area contributed by atoms with Gasteiger partial charge in [-0.05, 0) is 36.8 Å². The standard InChI is InChI=1S/C17H16ClN3O3/c1-17(11-5-7-12(18)8-6-11)15(23)21(16(24)19-17)10-14(22)13-4-3-9-20(13)2/h3-9H,10H2,1-2H3,(H,19,24)/t17-/m1/s1. The van der Waals surface area contributed by atoms with Gasteiger partial charge in [0.15, 0.2) is 5.78 Å². The lowest BCUT2D eigenvalue weighted by molar-refractivity contribution is -0.130. The van der Waals surface area contributed by atoms with Crippen LogP contribution in [0.3, 0.4) is 0 Å². The third kappa shape index (κ3) is 2.59. The van der Waals surface area contributed by atoms with Crippen molar-refractivity contribution in [2.24, 2.45) is 7.05 Å². The number of rotatable bonds is 4. The maximum absolute atomic E-state index is 12.8. The van der Waals surface area contributed by atoms with Crippen LogP contribution in [0.5, 0.6) is 0 Å². The Balaban J connectivity index is 1.85. The zero-order valence-electron chi connectivity index (χ0n) is 13.2. The SMILES string of the molecule is Cn1cccc1C(=O)CN1C(=O)N[C@](C)(c2ccc(Cl)cc2)C1=O. The van der Waals surface area contributed by atoms with E-state index in [2.05, 4.69) is 5.32 Å². The summed E-state index contributed by atoms with van der Waals surface area (Å²) in [6.45, 7) is 1.31. The minimum Gasteiger partial charge on any atom is -0.348 e. The molecular weight excluding hydrogens is 330 g/mol. The fourth-order valence-corrected chi connectivity index (χ4v) is 2.92. The van der Waals surface area contributed by atoms with Crippen molar-refractivity contribution in [1.82, 2.24) is 14.8 Å². The van der Waals surface area contributed by atoms with Crippen LogP contribution in [0.15, 0.2) is 42.6 Å². The van der Waals surface area contributed by atoms with Gasteiger partial charge in [-0.25, -0.2) is 4.79 Å². The summed E-state index contributed by atoms with van der Waals surface area (Å²) in [5.41, 5.74) is -0.161. The summed E-state index contributed by atoms with van der Waals surface area (Å²) in [5.74, 6) is -0.760. The smallest absolute Gasteiger partial charge is 0.325 e. The lowest BCUT2D eigenvalue weighted by Gasteiger charge is -2.22. The molecule has 0 saturated carbocycles. The van der Waals surface area contributed by atoms with Crippen LogP contribution in [-0.2, 0) is 17.4 Å². The Morgan fingerprint density at radius 2 is 1.88 bits per heavy atom. The van der Waals surface area contributed by atoms with Crippen LogP contribution in [0.2, 0.25) is 5.02 Å². The number of Topliss-reactive ketones (excluding diaryl/α,β-unsaturated/α-hetero) is 1. The average molecular weight is 346 g/mol. The molecule has 0 bridgehead atoms. The molecule has 0 aliphatic carbocycles. The number of aromatic nitrogens is 1. The average Bonchev–Trinajstić information content (AvgIpc) is 3.05. The molecule has 1 atom stereocenters. The number of aryl methyl sites for hydroxylation is 1. The maximum Gasteiger partial charge on any atom is 0.325 e. The summed E-state index contributed by atoms with van der Waals surface area (Å²) in [6.07, 6.45) is 1.73. The highest BCUT2D eigenvalue weighted by atomic mass is 35.5. The molecule has 3 rings (SSSR count). The number of carbonyl (C=O) groups is 3. The Hall–Kier alpha value is -2.60. The first-order valence-corrected chi connectivity index (χ1v) is 7.75. The summed E-state index contributed by atoms with van der Waals surface area (Å²) in [7, 11) is 1.73. The summed E-state index contributed by atoms with van der Waals surface area (Å²) in [4.78, 5) is 38.3. The summed E-state index contributed by atoms with van der Waals surface area (Å²) in [5, 5.41) is 3.20. The molecule has 0 spiro atoms. The van der Waals surface area contributed by atoms with Crippen molar-refractivity contribution in [2.45, 2.75) is 12.5 Å². The quantitative estimate of drug-likeness (QED) is 0.683. The molecule has 1 aromatic carbocycles. The summed E-state index contributed by atoms with van der Waals surface area (Å²) >= 11 is 5.87. The lowest BCUT2D eigenvalue weighted by atomic mass is 9.92. The Morgan fingerprint density at radius 1 is 1.21 bits per heavy atom. The van der Waals surface area contributed by atoms with Gasteiger partial charge in [-0.1, -0.05) is 23.7 Å². The Labute approximate surface area is 144 Å². The molecule has 1 fully saturated rings. The minimum absolute atomic E-state index is 0.300. The number of hydrogen-bond donors (Lipinski definition) is 1. The molecule has 3 amide bonds. The second kappa shape index (κ2) is 5.79. The van der Waals surface area contributed by atoms with E-state index in [1.54, 1.807) is 61.1 Å². The number of urea groups is 1. The van der Waals surface area contributed by atoms with Gasteiger partial charge >= 0.3 is 6.03 Å². The highest BCUT2D eigenvalue weighted by Crippen LogP contribution is 2.29. The van der Waals surface area contributed by atoms with Gasteiger partial charge in [-0.15, -0.1) is 0 Å². The molecule has 1 aromatic heterocycles. The Kier molecular flexibility index (Phi) is 3.93. The normalized spacial score (nSPS) is 20.4. The molecule has 24 heavy (non-hydrogen) atoms. The number of amides is 3. The highest BCUT2D eigenvalue weighted by Gasteiger charge is 2.49. The van der Waals surface area contributed by atoms with Gasteiger partial charge < -0.3 is 9.88 Å². The largest absolute Gasteiger partial charge is 0.348 e. The van der Waals surface area contributed by atoms with Crippen LogP contribution in [0.25, 0.3) is 0 Å². The fourth-order valence-electron chi connectivity index (χ4n) is 2.79. The van der Waals surface area contributed by atoms with Crippen LogP contribution in [0.4, 0.5) is 4.79 Å². The summed E-state index contributed by atoms with van der Waals surface area (Å²) in [6, 6.07) is 9.47. The second-order valence-electron chi connectivity index (χ2n) is 5.88. The van der Waals surface area contributed by atoms with Crippen LogP contribution in [0.1, 0.15) is 23.0 Å². The number of imide groups is 1. The van der Waals surface area contributed by atoms with Gasteiger partial charge in [0.25, 0.3) is 5.91 Å². The number of halogens is 1. The van der Waals surface area contributed by atoms with Crippen LogP contribution >= 0.6 is 11.6 Å². The molecule has 1 N–H and O–H groups in total. The number of carbonyl (C=O) groups excluding carboxylic acids is 3. The van der Waals surface area contributed by atoms with Gasteiger partial charge in [0, 0.05) is 18.3 Å². The van der Waals surface area contributed by atoms with E-state index < -0.39 is 17.5 Å². The molecule has 124 valence electrons. The number of nitrogens with zero attached hydrogens (tertiary/aromatic N) is 2. The van der Waals surface area contributed by atoms with Gasteiger partial charge in [-0.2, -0.15) is 0 Å². The Bertz CT molecular complexity index is 828. The van der Waals surface area contributed by atoms with Crippen molar-refractivity contribution in [3.63, 3.8) is 0 Å². The van der Waals surface area contributed by atoms with E-state index in [1.807, 2.05) is 0 Å². The fraction of sp³-hybridized carbons (Fsp3) is 0.235. The summed E-state index contributed by atoms with van der Waals surface area (Å²) < 4.78 is 1.65. The zero-order chi connectivity index (χ0) is 17.5. The van der Waals surface area contributed by atoms with Crippen LogP contribution in [-0.4, -0.2) is 33.7 Å². The van der Waals surface area contributed by atoms with Crippen molar-refractivity contribution in [3.8, 4) is 0 Å². The second-order valence-corrected chi connectivity index (χ2v) is 6.32. The van der Waals surface area contributed by atoms with Crippen molar-refractivity contribution < 1.29 is 14.4 Å². The number of hydrogen-bond acceptors (Lipinski definition) is 3. The maximum atomic E-state index is 12.8. The molecule has 7 heteroatoms. The van der Waals surface area contributed by atoms with Crippen LogP contribution < -0.4 is 5.32 Å². The van der Waals surface area contributed by atoms with E-state index in [1.165, 1.54) is 0 Å². The molecular formula is C17H16ClN3O3. The van der Waals surface area contributed by atoms with E-state index in [0.717, 1.165) is 4.90 Å². The van der Waals surface area contributed by atoms with Gasteiger partial charge in [-0.3, -0.25) is 14.5 Å². The predicted octanol–water partition coefficient (Wildman–Crippen LogP) is 2.33. The van der Waals surface area contributed by atoms with E-state index in [-0.39, 0.29) is 12.3 Å². The van der Waals surface area contributed by atoms with Crippen LogP contribution in [0, 0.1) is 0 Å². The van der Waals surface area contributed by atoms with E-state index in [9.17, 15) is 14.4 Å². The molecule has 0 unspecified atom stereocenters. The monoisotopic (exact) mass is 345 g/mol. The van der Waals surface area contributed by atoms with Crippen molar-refractivity contribution in [1.29, 1.82) is 0 Å². The topological polar surface area (TPSA) is 71.4 Å². The molecule has 0 radical (unpaired) electrons. The van der Waals surface area contributed by atoms with Crippen molar-refractivity contribution >= 4 is 29.3 Å². The number of benzene rings is 1. The van der Waals surface area contributed by atoms with E-state index in [4.69, 9.17) is 11.6 Å². The van der Waals surface area contributed by atoms with E-state index in [0.29, 0.717) is 16.3 Å². The predicted molar refractivity (Wildman–Crippen MR) is 88.8 cm³/mol.